The summed E-state index contributed by atoms with van der Waals surface area (Å²) in [4.78, 5) is 26.5. The summed E-state index contributed by atoms with van der Waals surface area (Å²) in [5.41, 5.74) is 3.00. The molecule has 1 aliphatic heterocycles. The van der Waals surface area contributed by atoms with Gasteiger partial charge in [-0.25, -0.2) is 19.9 Å². The zero-order chi connectivity index (χ0) is 24.7. The van der Waals surface area contributed by atoms with Gasteiger partial charge in [-0.05, 0) is 11.1 Å². The zero-order valence-electron chi connectivity index (χ0n) is 19.7. The monoisotopic (exact) mass is 488 g/mol. The minimum Gasteiger partial charge on any atom is -0.394 e. The number of hydrogen-bond donors (Lipinski definition) is 3. The SMILES string of the molecule is OC[C@@H](O)Cn1cc(Nc2ncnc(N3CCN(c4ncc(Cc5ccccc5)cn4)CC3)n2)cn1. The summed E-state index contributed by atoms with van der Waals surface area (Å²) in [6.45, 7) is 2.85. The van der Waals surface area contributed by atoms with Crippen molar-refractivity contribution in [2.75, 3.05) is 47.9 Å². The summed E-state index contributed by atoms with van der Waals surface area (Å²) in [5, 5.41) is 25.8. The van der Waals surface area contributed by atoms with E-state index in [-0.39, 0.29) is 13.2 Å². The van der Waals surface area contributed by atoms with Gasteiger partial charge in [0.25, 0.3) is 0 Å². The van der Waals surface area contributed by atoms with E-state index in [0.29, 0.717) is 17.6 Å². The molecular weight excluding hydrogens is 460 g/mol. The fraction of sp³-hybridized carbons (Fsp3) is 0.333. The van der Waals surface area contributed by atoms with Crippen LogP contribution < -0.4 is 15.1 Å². The van der Waals surface area contributed by atoms with E-state index in [1.54, 1.807) is 17.1 Å². The second-order valence-electron chi connectivity index (χ2n) is 8.55. The highest BCUT2D eigenvalue weighted by molar-refractivity contribution is 5.51. The maximum atomic E-state index is 9.57. The van der Waals surface area contributed by atoms with Gasteiger partial charge in [-0.2, -0.15) is 10.1 Å². The van der Waals surface area contributed by atoms with E-state index in [9.17, 15) is 5.11 Å². The van der Waals surface area contributed by atoms with E-state index >= 15 is 0 Å². The first-order valence-corrected chi connectivity index (χ1v) is 11.8. The van der Waals surface area contributed by atoms with E-state index in [4.69, 9.17) is 5.11 Å². The standard InChI is InChI=1S/C24H28N10O2/c35-16-21(36)15-34-14-20(13-29-34)30-22-27-17-28-24(31-22)33-8-6-32(7-9-33)23-25-11-19(12-26-23)10-18-4-2-1-3-5-18/h1-5,11-14,17,21,35-36H,6-10,15-16H2,(H,27,28,30,31)/t21-/m0/s1. The molecule has 4 heterocycles. The molecule has 0 unspecified atom stereocenters. The highest BCUT2D eigenvalue weighted by Crippen LogP contribution is 2.18. The van der Waals surface area contributed by atoms with Crippen LogP contribution in [0.1, 0.15) is 11.1 Å². The largest absolute Gasteiger partial charge is 0.394 e. The number of aliphatic hydroxyl groups excluding tert-OH is 2. The maximum Gasteiger partial charge on any atom is 0.232 e. The van der Waals surface area contributed by atoms with E-state index < -0.39 is 6.10 Å². The summed E-state index contributed by atoms with van der Waals surface area (Å²) in [5.74, 6) is 1.73. The Bertz CT molecular complexity index is 1240. The van der Waals surface area contributed by atoms with Crippen molar-refractivity contribution in [3.8, 4) is 0 Å². The first-order valence-electron chi connectivity index (χ1n) is 11.8. The Balaban J connectivity index is 1.15. The third kappa shape index (κ3) is 5.90. The smallest absolute Gasteiger partial charge is 0.232 e. The van der Waals surface area contributed by atoms with Gasteiger partial charge in [0.05, 0.1) is 31.1 Å². The molecule has 1 fully saturated rings. The molecule has 0 aliphatic carbocycles. The minimum atomic E-state index is -0.863. The lowest BCUT2D eigenvalue weighted by Crippen LogP contribution is -2.47. The summed E-state index contributed by atoms with van der Waals surface area (Å²) in [6, 6.07) is 10.3. The molecule has 186 valence electrons. The Morgan fingerprint density at radius 2 is 1.58 bits per heavy atom. The van der Waals surface area contributed by atoms with Gasteiger partial charge < -0.3 is 25.3 Å². The Labute approximate surface area is 208 Å². The van der Waals surface area contributed by atoms with Crippen molar-refractivity contribution in [2.45, 2.75) is 19.1 Å². The number of piperazine rings is 1. The van der Waals surface area contributed by atoms with Crippen LogP contribution in [0.25, 0.3) is 0 Å². The third-order valence-corrected chi connectivity index (χ3v) is 5.85. The van der Waals surface area contributed by atoms with Crippen molar-refractivity contribution >= 4 is 23.5 Å². The van der Waals surface area contributed by atoms with Crippen LogP contribution in [0.2, 0.25) is 0 Å². The minimum absolute atomic E-state index is 0.199. The fourth-order valence-electron chi connectivity index (χ4n) is 3.97. The molecule has 5 rings (SSSR count). The van der Waals surface area contributed by atoms with Crippen molar-refractivity contribution < 1.29 is 10.2 Å². The molecule has 12 heteroatoms. The Morgan fingerprint density at radius 1 is 0.861 bits per heavy atom. The molecule has 1 aromatic carbocycles. The third-order valence-electron chi connectivity index (χ3n) is 5.85. The predicted octanol–water partition coefficient (Wildman–Crippen LogP) is 0.872. The Kier molecular flexibility index (Phi) is 7.24. The van der Waals surface area contributed by atoms with Crippen LogP contribution in [0.15, 0.2) is 61.4 Å². The predicted molar refractivity (Wildman–Crippen MR) is 134 cm³/mol. The van der Waals surface area contributed by atoms with Crippen molar-refractivity contribution in [1.29, 1.82) is 0 Å². The van der Waals surface area contributed by atoms with Crippen LogP contribution >= 0.6 is 0 Å². The molecular formula is C24H28N10O2. The Morgan fingerprint density at radius 3 is 2.31 bits per heavy atom. The lowest BCUT2D eigenvalue weighted by molar-refractivity contribution is 0.0783. The molecule has 0 spiro atoms. The molecule has 3 aromatic heterocycles. The number of rotatable bonds is 9. The van der Waals surface area contributed by atoms with Gasteiger partial charge in [0.15, 0.2) is 0 Å². The second kappa shape index (κ2) is 11.1. The quantitative estimate of drug-likeness (QED) is 0.309. The van der Waals surface area contributed by atoms with Gasteiger partial charge in [0, 0.05) is 51.2 Å². The highest BCUT2D eigenvalue weighted by Gasteiger charge is 2.21. The number of nitrogens with zero attached hydrogens (tertiary/aromatic N) is 9. The number of hydrogen-bond acceptors (Lipinski definition) is 11. The van der Waals surface area contributed by atoms with Crippen molar-refractivity contribution in [2.24, 2.45) is 0 Å². The lowest BCUT2D eigenvalue weighted by atomic mass is 10.1. The van der Waals surface area contributed by atoms with Crippen LogP contribution in [-0.4, -0.2) is 83.8 Å². The van der Waals surface area contributed by atoms with Crippen LogP contribution in [-0.2, 0) is 13.0 Å². The number of anilines is 4. The fourth-order valence-corrected chi connectivity index (χ4v) is 3.97. The van der Waals surface area contributed by atoms with Crippen LogP contribution in [0, 0.1) is 0 Å². The van der Waals surface area contributed by atoms with Gasteiger partial charge in [-0.3, -0.25) is 4.68 Å². The maximum absolute atomic E-state index is 9.57. The van der Waals surface area contributed by atoms with Crippen molar-refractivity contribution in [3.05, 3.63) is 72.6 Å². The van der Waals surface area contributed by atoms with E-state index in [0.717, 1.165) is 44.1 Å². The molecule has 12 nitrogen and oxygen atoms in total. The molecule has 4 aromatic rings. The summed E-state index contributed by atoms with van der Waals surface area (Å²) < 4.78 is 1.54. The van der Waals surface area contributed by atoms with Crippen LogP contribution in [0.5, 0.6) is 0 Å². The number of nitrogens with one attached hydrogen (secondary N) is 1. The van der Waals surface area contributed by atoms with Crippen molar-refractivity contribution in [1.82, 2.24) is 34.7 Å². The van der Waals surface area contributed by atoms with E-state index in [1.807, 2.05) is 30.6 Å². The molecule has 1 saturated heterocycles. The van der Waals surface area contributed by atoms with Gasteiger partial charge in [-0.15, -0.1) is 0 Å². The van der Waals surface area contributed by atoms with Crippen molar-refractivity contribution in [3.63, 3.8) is 0 Å². The Hall–Kier alpha value is -4.16. The molecule has 0 saturated carbocycles. The number of benzene rings is 1. The highest BCUT2D eigenvalue weighted by atomic mass is 16.3. The molecule has 0 radical (unpaired) electrons. The molecule has 1 atom stereocenters. The first kappa shape index (κ1) is 23.6. The van der Waals surface area contributed by atoms with Gasteiger partial charge in [0.1, 0.15) is 6.33 Å². The van der Waals surface area contributed by atoms with Gasteiger partial charge in [0.2, 0.25) is 17.8 Å². The first-order chi connectivity index (χ1) is 17.7. The summed E-state index contributed by atoms with van der Waals surface area (Å²) >= 11 is 0. The average Bonchev–Trinajstić information content (AvgIpc) is 3.36. The lowest BCUT2D eigenvalue weighted by Gasteiger charge is -2.34. The van der Waals surface area contributed by atoms with E-state index in [1.165, 1.54) is 11.9 Å². The molecule has 36 heavy (non-hydrogen) atoms. The number of aromatic nitrogens is 7. The number of aliphatic hydroxyl groups is 2. The molecule has 0 bridgehead atoms. The molecule has 0 amide bonds. The van der Waals surface area contributed by atoms with Crippen LogP contribution in [0.4, 0.5) is 23.5 Å². The average molecular weight is 489 g/mol. The topological polar surface area (TPSA) is 141 Å². The van der Waals surface area contributed by atoms with Gasteiger partial charge in [-0.1, -0.05) is 30.3 Å². The second-order valence-corrected chi connectivity index (χ2v) is 8.55. The van der Waals surface area contributed by atoms with E-state index in [2.05, 4.69) is 57.3 Å². The summed E-state index contributed by atoms with van der Waals surface area (Å²) in [7, 11) is 0. The van der Waals surface area contributed by atoms with Gasteiger partial charge >= 0.3 is 0 Å². The normalized spacial score (nSPS) is 14.6. The molecule has 1 aliphatic rings. The van der Waals surface area contributed by atoms with Crippen LogP contribution in [0.3, 0.4) is 0 Å². The molecule has 3 N–H and O–H groups in total. The zero-order valence-corrected chi connectivity index (χ0v) is 19.7. The summed E-state index contributed by atoms with van der Waals surface area (Å²) in [6.07, 6.45) is 8.56.